The first-order chi connectivity index (χ1) is 9.82. The Labute approximate surface area is 125 Å². The molecular formula is C17H21NO3. The molecule has 2 rings (SSSR count). The zero-order chi connectivity index (χ0) is 15.6. The summed E-state index contributed by atoms with van der Waals surface area (Å²) in [6.07, 6.45) is 1.17. The average Bonchev–Trinajstić information content (AvgIpc) is 2.37. The summed E-state index contributed by atoms with van der Waals surface area (Å²) in [6.45, 7) is 5.58. The number of ketones is 1. The Morgan fingerprint density at radius 1 is 1.24 bits per heavy atom. The number of allylic oxidation sites excluding steroid dienone is 2. The Morgan fingerprint density at radius 3 is 2.38 bits per heavy atom. The van der Waals surface area contributed by atoms with Gasteiger partial charge in [0.25, 0.3) is 0 Å². The fourth-order valence-electron chi connectivity index (χ4n) is 2.63. The quantitative estimate of drug-likeness (QED) is 0.914. The van der Waals surface area contributed by atoms with Crippen LogP contribution in [-0.2, 0) is 4.79 Å². The van der Waals surface area contributed by atoms with Crippen LogP contribution in [0.3, 0.4) is 0 Å². The number of aliphatic hydroxyl groups excluding tert-OH is 1. The Hall–Kier alpha value is -2.10. The minimum Gasteiger partial charge on any atom is -0.511 e. The molecule has 1 N–H and O–H groups in total. The summed E-state index contributed by atoms with van der Waals surface area (Å²) in [5.74, 6) is 0.759. The third-order valence-electron chi connectivity index (χ3n) is 3.56. The van der Waals surface area contributed by atoms with Gasteiger partial charge in [-0.25, -0.2) is 0 Å². The molecule has 0 fully saturated rings. The molecular weight excluding hydrogens is 266 g/mol. The molecule has 0 aliphatic heterocycles. The molecule has 0 saturated heterocycles. The second kappa shape index (κ2) is 5.72. The van der Waals surface area contributed by atoms with Crippen molar-refractivity contribution in [3.8, 4) is 5.75 Å². The number of ether oxygens (including phenoxy) is 1. The van der Waals surface area contributed by atoms with Crippen molar-refractivity contribution in [1.29, 1.82) is 0 Å². The number of hydrogen-bond acceptors (Lipinski definition) is 4. The Bertz CT molecular complexity index is 609. The number of benzene rings is 1. The second-order valence-electron chi connectivity index (χ2n) is 6.15. The number of nitrogens with zero attached hydrogens (tertiary/aromatic N) is 1. The van der Waals surface area contributed by atoms with Crippen molar-refractivity contribution in [1.82, 2.24) is 0 Å². The van der Waals surface area contributed by atoms with Gasteiger partial charge in [-0.05, 0) is 43.0 Å². The fourth-order valence-corrected chi connectivity index (χ4v) is 2.63. The average molecular weight is 287 g/mol. The number of methoxy groups -OCH3 is 1. The highest BCUT2D eigenvalue weighted by molar-refractivity contribution is 6.23. The van der Waals surface area contributed by atoms with Gasteiger partial charge in [0.2, 0.25) is 0 Å². The predicted molar refractivity (Wildman–Crippen MR) is 83.4 cm³/mol. The normalized spacial score (nSPS) is 19.7. The summed E-state index contributed by atoms with van der Waals surface area (Å²) in [4.78, 5) is 16.4. The van der Waals surface area contributed by atoms with Crippen molar-refractivity contribution in [2.45, 2.75) is 33.6 Å². The number of Topliss-reactive ketones (excluding diaryl/α,β-unsaturated/α-hetero) is 1. The molecule has 0 amide bonds. The molecule has 0 saturated carbocycles. The maximum Gasteiger partial charge on any atom is 0.165 e. The van der Waals surface area contributed by atoms with Crippen LogP contribution in [0.1, 0.15) is 33.6 Å². The van der Waals surface area contributed by atoms with E-state index in [9.17, 15) is 9.90 Å². The molecule has 0 radical (unpaired) electrons. The van der Waals surface area contributed by atoms with E-state index in [2.05, 4.69) is 18.8 Å². The van der Waals surface area contributed by atoms with Crippen LogP contribution in [-0.4, -0.2) is 23.7 Å². The fraction of sp³-hybridized carbons (Fsp3) is 0.412. The highest BCUT2D eigenvalue weighted by Crippen LogP contribution is 2.37. The minimum absolute atomic E-state index is 0.103. The smallest absolute Gasteiger partial charge is 0.165 e. The molecule has 1 aromatic carbocycles. The number of rotatable bonds is 3. The van der Waals surface area contributed by atoms with Gasteiger partial charge in [-0.15, -0.1) is 0 Å². The molecule has 1 aliphatic carbocycles. The number of hydrogen-bond donors (Lipinski definition) is 1. The molecule has 4 nitrogen and oxygen atoms in total. The van der Waals surface area contributed by atoms with E-state index in [4.69, 9.17) is 4.74 Å². The van der Waals surface area contributed by atoms with Crippen molar-refractivity contribution in [2.24, 2.45) is 10.4 Å². The third-order valence-corrected chi connectivity index (χ3v) is 3.56. The topological polar surface area (TPSA) is 58.9 Å². The van der Waals surface area contributed by atoms with Gasteiger partial charge < -0.3 is 9.84 Å². The highest BCUT2D eigenvalue weighted by atomic mass is 16.5. The first-order valence-electron chi connectivity index (χ1n) is 6.97. The molecule has 0 unspecified atom stereocenters. The lowest BCUT2D eigenvalue weighted by molar-refractivity contribution is -0.113. The van der Waals surface area contributed by atoms with Crippen molar-refractivity contribution < 1.29 is 14.6 Å². The van der Waals surface area contributed by atoms with Gasteiger partial charge in [0.15, 0.2) is 5.78 Å². The van der Waals surface area contributed by atoms with Gasteiger partial charge in [0.05, 0.1) is 24.1 Å². The number of carbonyl (C=O) groups is 1. The summed E-state index contributed by atoms with van der Waals surface area (Å²) in [6, 6.07) is 7.32. The maximum atomic E-state index is 11.8. The van der Waals surface area contributed by atoms with E-state index in [1.54, 1.807) is 7.11 Å². The van der Waals surface area contributed by atoms with Crippen molar-refractivity contribution in [2.75, 3.05) is 7.11 Å². The van der Waals surface area contributed by atoms with E-state index < -0.39 is 0 Å². The zero-order valence-electron chi connectivity index (χ0n) is 12.9. The van der Waals surface area contributed by atoms with E-state index in [0.29, 0.717) is 24.1 Å². The van der Waals surface area contributed by atoms with Crippen LogP contribution in [0.25, 0.3) is 0 Å². The first kappa shape index (κ1) is 15.3. The summed E-state index contributed by atoms with van der Waals surface area (Å²) in [5.41, 5.74) is 1.66. The van der Waals surface area contributed by atoms with Crippen molar-refractivity contribution in [3.63, 3.8) is 0 Å². The first-order valence-corrected chi connectivity index (χ1v) is 6.97. The largest absolute Gasteiger partial charge is 0.511 e. The van der Waals surface area contributed by atoms with Crippen LogP contribution >= 0.6 is 0 Å². The second-order valence-corrected chi connectivity index (χ2v) is 6.15. The van der Waals surface area contributed by atoms with E-state index >= 15 is 0 Å². The maximum absolute atomic E-state index is 11.8. The summed E-state index contributed by atoms with van der Waals surface area (Å²) < 4.78 is 5.12. The van der Waals surface area contributed by atoms with Gasteiger partial charge in [0, 0.05) is 6.42 Å². The van der Waals surface area contributed by atoms with Crippen LogP contribution in [0.5, 0.6) is 5.75 Å². The predicted octanol–water partition coefficient (Wildman–Crippen LogP) is 3.99. The molecule has 21 heavy (non-hydrogen) atoms. The van der Waals surface area contributed by atoms with Crippen LogP contribution < -0.4 is 4.74 Å². The van der Waals surface area contributed by atoms with Crippen LogP contribution in [0.15, 0.2) is 40.6 Å². The van der Waals surface area contributed by atoms with Gasteiger partial charge in [-0.1, -0.05) is 13.8 Å². The molecule has 112 valence electrons. The zero-order valence-corrected chi connectivity index (χ0v) is 12.9. The van der Waals surface area contributed by atoms with Gasteiger partial charge in [-0.2, -0.15) is 0 Å². The van der Waals surface area contributed by atoms with E-state index in [0.717, 1.165) is 11.4 Å². The van der Waals surface area contributed by atoms with Gasteiger partial charge >= 0.3 is 0 Å². The lowest BCUT2D eigenvalue weighted by Gasteiger charge is -2.31. The Kier molecular flexibility index (Phi) is 4.16. The molecule has 0 aromatic heterocycles. The van der Waals surface area contributed by atoms with Crippen molar-refractivity contribution >= 4 is 17.2 Å². The monoisotopic (exact) mass is 287 g/mol. The van der Waals surface area contributed by atoms with E-state index in [1.165, 1.54) is 6.92 Å². The minimum atomic E-state index is -0.143. The highest BCUT2D eigenvalue weighted by Gasteiger charge is 2.33. The molecule has 1 aliphatic rings. The number of carbonyl (C=O) groups excluding carboxylic acids is 1. The Balaban J connectivity index is 2.44. The third kappa shape index (κ3) is 3.51. The molecule has 0 bridgehead atoms. The molecule has 1 aromatic rings. The number of aliphatic imine (C=N–C) groups is 1. The lowest BCUT2D eigenvalue weighted by Crippen LogP contribution is -2.28. The van der Waals surface area contributed by atoms with Crippen LogP contribution in [0, 0.1) is 5.41 Å². The Morgan fingerprint density at radius 2 is 1.86 bits per heavy atom. The number of aliphatic hydroxyl groups is 1. The molecule has 0 heterocycles. The molecule has 0 atom stereocenters. The summed E-state index contributed by atoms with van der Waals surface area (Å²) >= 11 is 0. The van der Waals surface area contributed by atoms with Crippen LogP contribution in [0.4, 0.5) is 5.69 Å². The van der Waals surface area contributed by atoms with Gasteiger partial charge in [-0.3, -0.25) is 9.79 Å². The van der Waals surface area contributed by atoms with Gasteiger partial charge in [0.1, 0.15) is 11.5 Å². The molecule has 4 heteroatoms. The SMILES string of the molecule is COc1ccc(N=C2CC(C)(C)CC(O)=C2C(C)=O)cc1. The van der Waals surface area contributed by atoms with Crippen LogP contribution in [0.2, 0.25) is 0 Å². The molecule has 0 spiro atoms. The summed E-state index contributed by atoms with van der Waals surface area (Å²) in [7, 11) is 1.61. The summed E-state index contributed by atoms with van der Waals surface area (Å²) in [5, 5.41) is 10.2. The van der Waals surface area contributed by atoms with E-state index in [-0.39, 0.29) is 17.0 Å². The lowest BCUT2D eigenvalue weighted by atomic mass is 9.75. The van der Waals surface area contributed by atoms with Crippen molar-refractivity contribution in [3.05, 3.63) is 35.6 Å². The van der Waals surface area contributed by atoms with E-state index in [1.807, 2.05) is 24.3 Å². The standard InChI is InChI=1S/C17H21NO3/c1-11(19)16-14(9-17(2,3)10-15(16)20)18-12-5-7-13(21-4)8-6-12/h5-8,20H,9-10H2,1-4H3.